The van der Waals surface area contributed by atoms with Gasteiger partial charge in [-0.2, -0.15) is 0 Å². The number of hydrogen-bond acceptors (Lipinski definition) is 4. The van der Waals surface area contributed by atoms with Gasteiger partial charge >= 0.3 is 0 Å². The van der Waals surface area contributed by atoms with E-state index in [1.54, 1.807) is 6.20 Å². The molecule has 0 atom stereocenters. The van der Waals surface area contributed by atoms with Crippen LogP contribution in [0.25, 0.3) is 0 Å². The van der Waals surface area contributed by atoms with Gasteiger partial charge in [-0.15, -0.1) is 11.3 Å². The predicted octanol–water partition coefficient (Wildman–Crippen LogP) is 3.27. The van der Waals surface area contributed by atoms with Gasteiger partial charge in [0, 0.05) is 16.6 Å². The molecule has 100 valence electrons. The number of aromatic nitrogens is 1. The second-order valence-electron chi connectivity index (χ2n) is 3.90. The Morgan fingerprint density at radius 2 is 2.05 bits per heavy atom. The summed E-state index contributed by atoms with van der Waals surface area (Å²) in [5.74, 6) is -0.267. The lowest BCUT2D eigenvalue weighted by atomic mass is 10.2. The van der Waals surface area contributed by atoms with Crippen molar-refractivity contribution in [3.05, 3.63) is 43.8 Å². The molecule has 1 aromatic carbocycles. The molecule has 0 bridgehead atoms. The fourth-order valence-electron chi connectivity index (χ4n) is 1.46. The number of nitrogens with two attached hydrogens (primary N) is 1. The minimum Gasteiger partial charge on any atom is -0.396 e. The molecule has 2 rings (SSSR count). The monoisotopic (exact) mass is 315 g/mol. The van der Waals surface area contributed by atoms with E-state index < -0.39 is 0 Å². The molecule has 0 saturated heterocycles. The van der Waals surface area contributed by atoms with Gasteiger partial charge in [-0.25, -0.2) is 4.98 Å². The minimum absolute atomic E-state index is 0.266. The number of thiazole rings is 1. The molecule has 2 aromatic rings. The first-order valence-corrected chi connectivity index (χ1v) is 6.98. The summed E-state index contributed by atoms with van der Waals surface area (Å²) in [6.07, 6.45) is 1.77. The Morgan fingerprint density at radius 3 is 2.58 bits per heavy atom. The number of hydrogen-bond donors (Lipinski definition) is 2. The number of aryl methyl sites for hydroxylation is 1. The number of rotatable bonds is 3. The smallest absolute Gasteiger partial charge is 0.251 e. The zero-order chi connectivity index (χ0) is 14.0. The van der Waals surface area contributed by atoms with Crippen LogP contribution in [-0.4, -0.2) is 10.9 Å². The maximum atomic E-state index is 11.9. The molecule has 0 aliphatic rings. The van der Waals surface area contributed by atoms with Crippen LogP contribution in [0.15, 0.2) is 18.3 Å². The van der Waals surface area contributed by atoms with Gasteiger partial charge in [0.15, 0.2) is 0 Å². The molecule has 1 amide bonds. The maximum Gasteiger partial charge on any atom is 0.251 e. The van der Waals surface area contributed by atoms with Crippen molar-refractivity contribution in [2.75, 3.05) is 5.73 Å². The number of amides is 1. The Kier molecular flexibility index (Phi) is 4.29. The highest BCUT2D eigenvalue weighted by molar-refractivity contribution is 7.11. The number of nitrogens with zero attached hydrogens (tertiary/aromatic N) is 1. The van der Waals surface area contributed by atoms with E-state index in [4.69, 9.17) is 28.9 Å². The average molecular weight is 316 g/mol. The standard InChI is InChI=1S/C12H11Cl2N3OS/c1-6-4-16-10(19-6)5-17-12(18)7-2-8(13)11(15)9(14)3-7/h2-4H,5,15H2,1H3,(H,17,18). The van der Waals surface area contributed by atoms with E-state index in [9.17, 15) is 4.79 Å². The molecule has 0 aliphatic heterocycles. The maximum absolute atomic E-state index is 11.9. The van der Waals surface area contributed by atoms with Crippen LogP contribution in [0.2, 0.25) is 10.0 Å². The first-order valence-electron chi connectivity index (χ1n) is 5.41. The summed E-state index contributed by atoms with van der Waals surface area (Å²) in [5, 5.41) is 4.13. The van der Waals surface area contributed by atoms with Crippen LogP contribution < -0.4 is 11.1 Å². The molecule has 0 spiro atoms. The van der Waals surface area contributed by atoms with Gasteiger partial charge in [0.05, 0.1) is 22.3 Å². The molecular weight excluding hydrogens is 305 g/mol. The van der Waals surface area contributed by atoms with Crippen molar-refractivity contribution in [1.82, 2.24) is 10.3 Å². The van der Waals surface area contributed by atoms with Crippen molar-refractivity contribution < 1.29 is 4.79 Å². The SMILES string of the molecule is Cc1cnc(CNC(=O)c2cc(Cl)c(N)c(Cl)c2)s1. The zero-order valence-electron chi connectivity index (χ0n) is 10.0. The molecule has 1 heterocycles. The Balaban J connectivity index is 2.08. The molecule has 3 N–H and O–H groups in total. The molecule has 4 nitrogen and oxygen atoms in total. The number of carbonyl (C=O) groups is 1. The van der Waals surface area contributed by atoms with Crippen LogP contribution in [-0.2, 0) is 6.54 Å². The summed E-state index contributed by atoms with van der Waals surface area (Å²) in [4.78, 5) is 17.2. The lowest BCUT2D eigenvalue weighted by Gasteiger charge is -2.06. The van der Waals surface area contributed by atoms with Crippen molar-refractivity contribution in [1.29, 1.82) is 0 Å². The fraction of sp³-hybridized carbons (Fsp3) is 0.167. The summed E-state index contributed by atoms with van der Waals surface area (Å²) in [6.45, 7) is 2.33. The van der Waals surface area contributed by atoms with Crippen molar-refractivity contribution >= 4 is 46.1 Å². The van der Waals surface area contributed by atoms with E-state index >= 15 is 0 Å². The summed E-state index contributed by atoms with van der Waals surface area (Å²) >= 11 is 13.3. The van der Waals surface area contributed by atoms with Crippen LogP contribution >= 0.6 is 34.5 Å². The highest BCUT2D eigenvalue weighted by Crippen LogP contribution is 2.28. The van der Waals surface area contributed by atoms with Crippen molar-refractivity contribution in [2.24, 2.45) is 0 Å². The summed E-state index contributed by atoms with van der Waals surface area (Å²) in [5.41, 5.74) is 6.26. The number of nitrogen functional groups attached to an aromatic ring is 1. The number of carbonyl (C=O) groups excluding carboxylic acids is 1. The van der Waals surface area contributed by atoms with Crippen LogP contribution in [0.4, 0.5) is 5.69 Å². The third-order valence-corrected chi connectivity index (χ3v) is 3.95. The number of benzene rings is 1. The molecule has 0 unspecified atom stereocenters. The van der Waals surface area contributed by atoms with Gasteiger partial charge in [0.1, 0.15) is 5.01 Å². The van der Waals surface area contributed by atoms with E-state index in [1.807, 2.05) is 6.92 Å². The topological polar surface area (TPSA) is 68.0 Å². The molecule has 7 heteroatoms. The summed E-state index contributed by atoms with van der Waals surface area (Å²) < 4.78 is 0. The van der Waals surface area contributed by atoms with E-state index in [0.717, 1.165) is 9.88 Å². The largest absolute Gasteiger partial charge is 0.396 e. The number of nitrogens with one attached hydrogen (secondary N) is 1. The number of halogens is 2. The van der Waals surface area contributed by atoms with E-state index in [2.05, 4.69) is 10.3 Å². The van der Waals surface area contributed by atoms with Crippen LogP contribution in [0, 0.1) is 6.92 Å². The highest BCUT2D eigenvalue weighted by Gasteiger charge is 2.11. The first kappa shape index (κ1) is 14.1. The highest BCUT2D eigenvalue weighted by atomic mass is 35.5. The molecule has 0 aliphatic carbocycles. The average Bonchev–Trinajstić information content (AvgIpc) is 2.78. The molecule has 0 saturated carbocycles. The van der Waals surface area contributed by atoms with Gasteiger partial charge in [-0.3, -0.25) is 4.79 Å². The third-order valence-electron chi connectivity index (χ3n) is 2.41. The number of anilines is 1. The van der Waals surface area contributed by atoms with E-state index in [1.165, 1.54) is 23.5 Å². The van der Waals surface area contributed by atoms with Gasteiger partial charge in [0.25, 0.3) is 5.91 Å². The Morgan fingerprint density at radius 1 is 1.42 bits per heavy atom. The van der Waals surface area contributed by atoms with E-state index in [0.29, 0.717) is 12.1 Å². The van der Waals surface area contributed by atoms with Gasteiger partial charge in [-0.05, 0) is 19.1 Å². The lowest BCUT2D eigenvalue weighted by molar-refractivity contribution is 0.0951. The fourth-order valence-corrected chi connectivity index (χ4v) is 2.67. The normalized spacial score (nSPS) is 10.5. The van der Waals surface area contributed by atoms with Gasteiger partial charge < -0.3 is 11.1 Å². The Labute approximate surface area is 124 Å². The second kappa shape index (κ2) is 5.77. The summed E-state index contributed by atoms with van der Waals surface area (Å²) in [7, 11) is 0. The Hall–Kier alpha value is -1.30. The first-order chi connectivity index (χ1) is 8.97. The van der Waals surface area contributed by atoms with E-state index in [-0.39, 0.29) is 21.6 Å². The quantitative estimate of drug-likeness (QED) is 0.854. The molecule has 1 aromatic heterocycles. The van der Waals surface area contributed by atoms with Crippen LogP contribution in [0.5, 0.6) is 0 Å². The lowest BCUT2D eigenvalue weighted by Crippen LogP contribution is -2.22. The molecular formula is C12H11Cl2N3OS. The second-order valence-corrected chi connectivity index (χ2v) is 6.03. The van der Waals surface area contributed by atoms with Crippen LogP contribution in [0.3, 0.4) is 0 Å². The molecule has 0 radical (unpaired) electrons. The van der Waals surface area contributed by atoms with Gasteiger partial charge in [-0.1, -0.05) is 23.2 Å². The Bertz CT molecular complexity index is 604. The minimum atomic E-state index is -0.267. The predicted molar refractivity (Wildman–Crippen MR) is 78.9 cm³/mol. The molecule has 0 fully saturated rings. The zero-order valence-corrected chi connectivity index (χ0v) is 12.4. The van der Waals surface area contributed by atoms with Crippen molar-refractivity contribution in [2.45, 2.75) is 13.5 Å². The third kappa shape index (κ3) is 3.37. The van der Waals surface area contributed by atoms with Gasteiger partial charge in [0.2, 0.25) is 0 Å². The van der Waals surface area contributed by atoms with Crippen LogP contribution in [0.1, 0.15) is 20.2 Å². The molecule has 19 heavy (non-hydrogen) atoms. The van der Waals surface area contributed by atoms with Crippen molar-refractivity contribution in [3.8, 4) is 0 Å². The summed E-state index contributed by atoms with van der Waals surface area (Å²) in [6, 6.07) is 2.98. The van der Waals surface area contributed by atoms with Crippen molar-refractivity contribution in [3.63, 3.8) is 0 Å².